The third-order valence-corrected chi connectivity index (χ3v) is 2.11. The summed E-state index contributed by atoms with van der Waals surface area (Å²) in [4.78, 5) is 3.96. The van der Waals surface area contributed by atoms with Gasteiger partial charge in [-0.2, -0.15) is 5.26 Å². The number of nitrogens with two attached hydrogens (primary N) is 1. The van der Waals surface area contributed by atoms with Crippen molar-refractivity contribution in [3.05, 3.63) is 48.2 Å². The average molecular weight is 210 g/mol. The zero-order chi connectivity index (χ0) is 11.4. The van der Waals surface area contributed by atoms with Crippen LogP contribution < -0.4 is 11.1 Å². The molecule has 4 heteroatoms. The predicted octanol–water partition coefficient (Wildman–Crippen LogP) is 2.28. The van der Waals surface area contributed by atoms with Gasteiger partial charge < -0.3 is 11.1 Å². The van der Waals surface area contributed by atoms with E-state index in [9.17, 15) is 0 Å². The van der Waals surface area contributed by atoms with E-state index in [0.717, 1.165) is 11.4 Å². The van der Waals surface area contributed by atoms with E-state index >= 15 is 0 Å². The molecule has 1 heterocycles. The Kier molecular flexibility index (Phi) is 2.70. The fourth-order valence-electron chi connectivity index (χ4n) is 1.32. The maximum Gasteiger partial charge on any atom is 0.123 e. The first kappa shape index (κ1) is 9.99. The number of hydrogen-bond donors (Lipinski definition) is 2. The third-order valence-electron chi connectivity index (χ3n) is 2.11. The molecule has 0 bridgehead atoms. The van der Waals surface area contributed by atoms with Crippen molar-refractivity contribution < 1.29 is 0 Å². The van der Waals surface area contributed by atoms with Gasteiger partial charge in [-0.05, 0) is 24.3 Å². The first-order valence-corrected chi connectivity index (χ1v) is 4.77. The molecule has 2 rings (SSSR count). The van der Waals surface area contributed by atoms with Gasteiger partial charge in [-0.25, -0.2) is 4.98 Å². The van der Waals surface area contributed by atoms with Crippen LogP contribution in [0.4, 0.5) is 17.2 Å². The van der Waals surface area contributed by atoms with Gasteiger partial charge in [-0.15, -0.1) is 0 Å². The lowest BCUT2D eigenvalue weighted by Gasteiger charge is -2.07. The van der Waals surface area contributed by atoms with Gasteiger partial charge >= 0.3 is 0 Å². The van der Waals surface area contributed by atoms with E-state index in [4.69, 9.17) is 11.0 Å². The van der Waals surface area contributed by atoms with Crippen molar-refractivity contribution in [3.8, 4) is 6.07 Å². The Morgan fingerprint density at radius 1 is 1.19 bits per heavy atom. The monoisotopic (exact) mass is 210 g/mol. The number of para-hydroxylation sites is 1. The van der Waals surface area contributed by atoms with Gasteiger partial charge in [0.2, 0.25) is 0 Å². The Labute approximate surface area is 93.4 Å². The van der Waals surface area contributed by atoms with Crippen LogP contribution in [0.1, 0.15) is 5.56 Å². The Hall–Kier alpha value is -2.54. The van der Waals surface area contributed by atoms with Gasteiger partial charge in [0.15, 0.2) is 0 Å². The highest BCUT2D eigenvalue weighted by molar-refractivity contribution is 5.66. The second-order valence-electron chi connectivity index (χ2n) is 3.25. The quantitative estimate of drug-likeness (QED) is 0.797. The highest BCUT2D eigenvalue weighted by atomic mass is 14.9. The SMILES string of the molecule is N#Cc1ccccc1Nc1ccc(N)nc1. The van der Waals surface area contributed by atoms with Gasteiger partial charge in [0.05, 0.1) is 23.1 Å². The first-order chi connectivity index (χ1) is 7.79. The van der Waals surface area contributed by atoms with Crippen LogP contribution in [0.3, 0.4) is 0 Å². The van der Waals surface area contributed by atoms with E-state index in [1.807, 2.05) is 24.3 Å². The number of hydrogen-bond acceptors (Lipinski definition) is 4. The maximum absolute atomic E-state index is 8.91. The van der Waals surface area contributed by atoms with Crippen molar-refractivity contribution in [1.82, 2.24) is 4.98 Å². The number of anilines is 3. The van der Waals surface area contributed by atoms with E-state index in [0.29, 0.717) is 11.4 Å². The lowest BCUT2D eigenvalue weighted by molar-refractivity contribution is 1.33. The minimum Gasteiger partial charge on any atom is -0.384 e. The fourth-order valence-corrected chi connectivity index (χ4v) is 1.32. The molecule has 78 valence electrons. The van der Waals surface area contributed by atoms with Crippen LogP contribution in [-0.4, -0.2) is 4.98 Å². The summed E-state index contributed by atoms with van der Waals surface area (Å²) >= 11 is 0. The van der Waals surface area contributed by atoms with Gasteiger partial charge in [0.25, 0.3) is 0 Å². The second kappa shape index (κ2) is 4.32. The van der Waals surface area contributed by atoms with Crippen LogP contribution in [-0.2, 0) is 0 Å². The van der Waals surface area contributed by atoms with Crippen molar-refractivity contribution in [2.45, 2.75) is 0 Å². The zero-order valence-corrected chi connectivity index (χ0v) is 8.51. The number of pyridine rings is 1. The molecular weight excluding hydrogens is 200 g/mol. The number of nitrogen functional groups attached to an aromatic ring is 1. The molecule has 0 aliphatic rings. The van der Waals surface area contributed by atoms with Crippen LogP contribution >= 0.6 is 0 Å². The minimum atomic E-state index is 0.471. The summed E-state index contributed by atoms with van der Waals surface area (Å²) in [5, 5.41) is 12.0. The molecule has 0 unspecified atom stereocenters. The Bertz CT molecular complexity index is 525. The number of benzene rings is 1. The average Bonchev–Trinajstić information content (AvgIpc) is 2.33. The summed E-state index contributed by atoms with van der Waals surface area (Å²) in [6.45, 7) is 0. The van der Waals surface area contributed by atoms with Gasteiger partial charge in [-0.3, -0.25) is 0 Å². The zero-order valence-electron chi connectivity index (χ0n) is 8.51. The lowest BCUT2D eigenvalue weighted by atomic mass is 10.2. The van der Waals surface area contributed by atoms with Crippen LogP contribution in [0.2, 0.25) is 0 Å². The largest absolute Gasteiger partial charge is 0.384 e. The molecule has 0 saturated carbocycles. The molecule has 0 aliphatic carbocycles. The Balaban J connectivity index is 2.27. The Morgan fingerprint density at radius 3 is 2.69 bits per heavy atom. The molecule has 1 aromatic heterocycles. The van der Waals surface area contributed by atoms with E-state index < -0.39 is 0 Å². The Morgan fingerprint density at radius 2 is 2.00 bits per heavy atom. The summed E-state index contributed by atoms with van der Waals surface area (Å²) in [5.41, 5.74) is 7.64. The molecule has 0 atom stereocenters. The molecule has 0 fully saturated rings. The number of nitriles is 1. The van der Waals surface area contributed by atoms with Crippen LogP contribution in [0.25, 0.3) is 0 Å². The maximum atomic E-state index is 8.91. The van der Waals surface area contributed by atoms with Crippen LogP contribution in [0, 0.1) is 11.3 Å². The van der Waals surface area contributed by atoms with E-state index in [1.165, 1.54) is 0 Å². The molecule has 4 nitrogen and oxygen atoms in total. The van der Waals surface area contributed by atoms with Crippen molar-refractivity contribution in [2.75, 3.05) is 11.1 Å². The highest BCUT2D eigenvalue weighted by Crippen LogP contribution is 2.19. The van der Waals surface area contributed by atoms with E-state index in [-0.39, 0.29) is 0 Å². The standard InChI is InChI=1S/C12H10N4/c13-7-9-3-1-2-4-11(9)16-10-5-6-12(14)15-8-10/h1-6,8,16H,(H2,14,15). The molecule has 0 radical (unpaired) electrons. The summed E-state index contributed by atoms with van der Waals surface area (Å²) in [5.74, 6) is 0.471. The molecule has 1 aromatic carbocycles. The molecule has 2 aromatic rings. The van der Waals surface area contributed by atoms with Crippen molar-refractivity contribution >= 4 is 17.2 Å². The van der Waals surface area contributed by atoms with Crippen molar-refractivity contribution in [1.29, 1.82) is 5.26 Å². The lowest BCUT2D eigenvalue weighted by Crippen LogP contribution is -1.95. The van der Waals surface area contributed by atoms with E-state index in [1.54, 1.807) is 18.3 Å². The highest BCUT2D eigenvalue weighted by Gasteiger charge is 2.00. The van der Waals surface area contributed by atoms with Gasteiger partial charge in [-0.1, -0.05) is 12.1 Å². The summed E-state index contributed by atoms with van der Waals surface area (Å²) in [7, 11) is 0. The normalized spacial score (nSPS) is 9.44. The van der Waals surface area contributed by atoms with Crippen molar-refractivity contribution in [3.63, 3.8) is 0 Å². The molecule has 0 saturated heterocycles. The van der Waals surface area contributed by atoms with Crippen molar-refractivity contribution in [2.24, 2.45) is 0 Å². The molecule has 16 heavy (non-hydrogen) atoms. The number of nitrogens with one attached hydrogen (secondary N) is 1. The summed E-state index contributed by atoms with van der Waals surface area (Å²) < 4.78 is 0. The minimum absolute atomic E-state index is 0.471. The first-order valence-electron chi connectivity index (χ1n) is 4.77. The van der Waals surface area contributed by atoms with Crippen LogP contribution in [0.5, 0.6) is 0 Å². The number of rotatable bonds is 2. The smallest absolute Gasteiger partial charge is 0.123 e. The molecule has 0 aliphatic heterocycles. The summed E-state index contributed by atoms with van der Waals surface area (Å²) in [6.07, 6.45) is 1.63. The molecular formula is C12H10N4. The molecule has 3 N–H and O–H groups in total. The van der Waals surface area contributed by atoms with Crippen LogP contribution in [0.15, 0.2) is 42.6 Å². The van der Waals surface area contributed by atoms with Gasteiger partial charge in [0, 0.05) is 0 Å². The summed E-state index contributed by atoms with van der Waals surface area (Å²) in [6, 6.07) is 12.9. The fraction of sp³-hybridized carbons (Fsp3) is 0. The molecule has 0 amide bonds. The topological polar surface area (TPSA) is 74.7 Å². The van der Waals surface area contributed by atoms with E-state index in [2.05, 4.69) is 16.4 Å². The molecule has 0 spiro atoms. The second-order valence-corrected chi connectivity index (χ2v) is 3.25. The number of aromatic nitrogens is 1. The number of nitrogens with zero attached hydrogens (tertiary/aromatic N) is 2. The third kappa shape index (κ3) is 2.10. The predicted molar refractivity (Wildman–Crippen MR) is 63.1 cm³/mol. The van der Waals surface area contributed by atoms with Gasteiger partial charge in [0.1, 0.15) is 11.9 Å².